The highest BCUT2D eigenvalue weighted by Gasteiger charge is 2.56. The summed E-state index contributed by atoms with van der Waals surface area (Å²) in [7, 11) is 0. The molecular weight excluding hydrogens is 376 g/mol. The van der Waals surface area contributed by atoms with Gasteiger partial charge in [-0.2, -0.15) is 0 Å². The van der Waals surface area contributed by atoms with Gasteiger partial charge in [0.1, 0.15) is 5.82 Å². The number of hydrogen-bond donors (Lipinski definition) is 1. The Kier molecular flexibility index (Phi) is 5.54. The summed E-state index contributed by atoms with van der Waals surface area (Å²) in [6.45, 7) is 7.51. The minimum atomic E-state index is 0. The molecule has 3 heterocycles. The highest BCUT2D eigenvalue weighted by atomic mass is 35.5. The molecule has 1 spiro atoms. The lowest BCUT2D eigenvalue weighted by Crippen LogP contribution is -2.36. The van der Waals surface area contributed by atoms with Crippen molar-refractivity contribution < 1.29 is 9.47 Å². The second-order valence-corrected chi connectivity index (χ2v) is 8.02. The molecule has 0 radical (unpaired) electrons. The van der Waals surface area contributed by atoms with Gasteiger partial charge in [-0.3, -0.25) is 4.90 Å². The first kappa shape index (κ1) is 19.6. The number of nitrogens with zero attached hydrogens (tertiary/aromatic N) is 3. The Morgan fingerprint density at radius 2 is 2.11 bits per heavy atom. The highest BCUT2D eigenvalue weighted by Crippen LogP contribution is 2.56. The van der Waals surface area contributed by atoms with E-state index in [2.05, 4.69) is 45.0 Å². The fraction of sp³-hybridized carbons (Fsp3) is 0.571. The lowest BCUT2D eigenvalue weighted by atomic mass is 9.93. The number of rotatable bonds is 6. The molecule has 1 saturated carbocycles. The molecule has 3 aliphatic rings. The van der Waals surface area contributed by atoms with Gasteiger partial charge < -0.3 is 19.4 Å². The summed E-state index contributed by atoms with van der Waals surface area (Å²) in [5.74, 6) is 2.94. The lowest BCUT2D eigenvalue weighted by molar-refractivity contribution is 0.165. The van der Waals surface area contributed by atoms with E-state index < -0.39 is 0 Å². The number of aromatic nitrogens is 2. The number of halogens is 1. The van der Waals surface area contributed by atoms with Crippen LogP contribution in [0.2, 0.25) is 0 Å². The molecule has 1 aliphatic carbocycles. The topological polar surface area (TPSA) is 51.6 Å². The molecule has 152 valence electrons. The van der Waals surface area contributed by atoms with Gasteiger partial charge in [0.05, 0.1) is 6.54 Å². The molecule has 2 aliphatic heterocycles. The highest BCUT2D eigenvalue weighted by molar-refractivity contribution is 5.85. The number of piperidine rings is 1. The van der Waals surface area contributed by atoms with Crippen LogP contribution in [0.4, 0.5) is 0 Å². The quantitative estimate of drug-likeness (QED) is 0.801. The van der Waals surface area contributed by atoms with Gasteiger partial charge in [-0.25, -0.2) is 4.98 Å². The average molecular weight is 405 g/mol. The number of fused-ring (bicyclic) bond motifs is 1. The Labute approximate surface area is 172 Å². The third-order valence-corrected chi connectivity index (χ3v) is 6.53. The third kappa shape index (κ3) is 3.49. The average Bonchev–Trinajstić information content (AvgIpc) is 3.07. The summed E-state index contributed by atoms with van der Waals surface area (Å²) in [5, 5.41) is 3.52. The summed E-state index contributed by atoms with van der Waals surface area (Å²) < 4.78 is 13.6. The third-order valence-electron chi connectivity index (χ3n) is 6.53. The number of hydrogen-bond acceptors (Lipinski definition) is 5. The van der Waals surface area contributed by atoms with Gasteiger partial charge in [0, 0.05) is 37.1 Å². The van der Waals surface area contributed by atoms with E-state index in [0.29, 0.717) is 18.2 Å². The maximum absolute atomic E-state index is 5.77. The van der Waals surface area contributed by atoms with Crippen molar-refractivity contribution in [3.05, 3.63) is 42.0 Å². The van der Waals surface area contributed by atoms with Gasteiger partial charge in [0.25, 0.3) is 0 Å². The number of aryl methyl sites for hydroxylation is 1. The Hall–Kier alpha value is -1.76. The Morgan fingerprint density at radius 1 is 1.25 bits per heavy atom. The fourth-order valence-corrected chi connectivity index (χ4v) is 4.88. The van der Waals surface area contributed by atoms with Crippen molar-refractivity contribution in [3.63, 3.8) is 0 Å². The second kappa shape index (κ2) is 7.93. The molecule has 1 unspecified atom stereocenters. The zero-order chi connectivity index (χ0) is 18.3. The maximum Gasteiger partial charge on any atom is 0.231 e. The Bertz CT molecular complexity index is 818. The van der Waals surface area contributed by atoms with Gasteiger partial charge in [0.2, 0.25) is 6.79 Å². The monoisotopic (exact) mass is 404 g/mol. The number of para-hydroxylation sites is 1. The molecule has 6 nitrogen and oxygen atoms in total. The van der Waals surface area contributed by atoms with Crippen LogP contribution in [-0.2, 0) is 19.6 Å². The first-order valence-electron chi connectivity index (χ1n) is 10.1. The van der Waals surface area contributed by atoms with Gasteiger partial charge in [0.15, 0.2) is 11.5 Å². The molecule has 1 aromatic heterocycles. The van der Waals surface area contributed by atoms with Gasteiger partial charge in [-0.15, -0.1) is 12.4 Å². The molecule has 7 heteroatoms. The van der Waals surface area contributed by atoms with Crippen molar-refractivity contribution in [1.29, 1.82) is 0 Å². The van der Waals surface area contributed by atoms with Crippen molar-refractivity contribution in [2.24, 2.45) is 5.41 Å². The van der Waals surface area contributed by atoms with Crippen LogP contribution in [0.1, 0.15) is 37.6 Å². The zero-order valence-corrected chi connectivity index (χ0v) is 17.2. The van der Waals surface area contributed by atoms with Gasteiger partial charge >= 0.3 is 0 Å². The molecule has 2 aromatic rings. The normalized spacial score (nSPS) is 21.7. The van der Waals surface area contributed by atoms with Crippen LogP contribution in [0.15, 0.2) is 30.6 Å². The van der Waals surface area contributed by atoms with E-state index in [9.17, 15) is 0 Å². The molecule has 1 atom stereocenters. The largest absolute Gasteiger partial charge is 0.454 e. The molecule has 0 amide bonds. The van der Waals surface area contributed by atoms with E-state index in [0.717, 1.165) is 50.0 Å². The van der Waals surface area contributed by atoms with Gasteiger partial charge in [-0.1, -0.05) is 12.1 Å². The SMILES string of the molecule is CCn1ccnc1CN(Cc1cccc2c1OCO2)C1CC12CCNCC2.Cl. The van der Waals surface area contributed by atoms with Crippen molar-refractivity contribution in [2.45, 2.75) is 51.9 Å². The molecule has 2 fully saturated rings. The molecule has 28 heavy (non-hydrogen) atoms. The minimum absolute atomic E-state index is 0. The van der Waals surface area contributed by atoms with E-state index in [1.54, 1.807) is 0 Å². The summed E-state index contributed by atoms with van der Waals surface area (Å²) in [5.41, 5.74) is 1.71. The Morgan fingerprint density at radius 3 is 2.93 bits per heavy atom. The summed E-state index contributed by atoms with van der Waals surface area (Å²) in [6, 6.07) is 6.86. The number of nitrogens with one attached hydrogen (secondary N) is 1. The molecule has 1 aromatic carbocycles. The van der Waals surface area contributed by atoms with Crippen LogP contribution in [0.25, 0.3) is 0 Å². The zero-order valence-electron chi connectivity index (χ0n) is 16.4. The van der Waals surface area contributed by atoms with Crippen molar-refractivity contribution in [2.75, 3.05) is 19.9 Å². The number of benzene rings is 1. The first-order valence-corrected chi connectivity index (χ1v) is 10.1. The van der Waals surface area contributed by atoms with Crippen LogP contribution >= 0.6 is 12.4 Å². The van der Waals surface area contributed by atoms with E-state index in [4.69, 9.17) is 9.47 Å². The van der Waals surface area contributed by atoms with E-state index >= 15 is 0 Å². The molecule has 0 bridgehead atoms. The molecule has 5 rings (SSSR count). The first-order chi connectivity index (χ1) is 13.3. The standard InChI is InChI=1S/C21H28N4O2.ClH/c1-2-24-11-10-23-19(24)14-25(18-12-21(18)6-8-22-9-7-21)13-16-4-3-5-17-20(16)27-15-26-17;/h3-5,10-11,18,22H,2,6-9,12-15H2,1H3;1H. The minimum Gasteiger partial charge on any atom is -0.454 e. The van der Waals surface area contributed by atoms with Crippen LogP contribution in [0.5, 0.6) is 11.5 Å². The van der Waals surface area contributed by atoms with Crippen LogP contribution in [0.3, 0.4) is 0 Å². The van der Waals surface area contributed by atoms with Crippen molar-refractivity contribution in [3.8, 4) is 11.5 Å². The lowest BCUT2D eigenvalue weighted by Gasteiger charge is -2.29. The van der Waals surface area contributed by atoms with E-state index in [1.165, 1.54) is 24.8 Å². The second-order valence-electron chi connectivity index (χ2n) is 8.02. The Balaban J connectivity index is 0.00000192. The fourth-order valence-electron chi connectivity index (χ4n) is 4.88. The predicted octanol–water partition coefficient (Wildman–Crippen LogP) is 3.20. The number of ether oxygens (including phenoxy) is 2. The summed E-state index contributed by atoms with van der Waals surface area (Å²) in [6.07, 6.45) is 7.86. The van der Waals surface area contributed by atoms with E-state index in [1.807, 2.05) is 12.3 Å². The van der Waals surface area contributed by atoms with Crippen molar-refractivity contribution in [1.82, 2.24) is 19.8 Å². The molecule has 1 N–H and O–H groups in total. The number of imidazole rings is 1. The van der Waals surface area contributed by atoms with Crippen LogP contribution < -0.4 is 14.8 Å². The smallest absolute Gasteiger partial charge is 0.231 e. The summed E-state index contributed by atoms with van der Waals surface area (Å²) >= 11 is 0. The predicted molar refractivity (Wildman–Crippen MR) is 110 cm³/mol. The van der Waals surface area contributed by atoms with Gasteiger partial charge in [-0.05, 0) is 50.8 Å². The van der Waals surface area contributed by atoms with Crippen molar-refractivity contribution >= 4 is 12.4 Å². The van der Waals surface area contributed by atoms with Crippen LogP contribution in [0, 0.1) is 5.41 Å². The molecular formula is C21H29ClN4O2. The maximum atomic E-state index is 5.77. The van der Waals surface area contributed by atoms with Crippen LogP contribution in [-0.4, -0.2) is 40.4 Å². The summed E-state index contributed by atoms with van der Waals surface area (Å²) in [4.78, 5) is 7.26. The van der Waals surface area contributed by atoms with E-state index in [-0.39, 0.29) is 12.4 Å². The molecule has 1 saturated heterocycles.